The Morgan fingerprint density at radius 1 is 1.13 bits per heavy atom. The summed E-state index contributed by atoms with van der Waals surface area (Å²) in [6.07, 6.45) is -5.22. The Morgan fingerprint density at radius 2 is 1.83 bits per heavy atom. The van der Waals surface area contributed by atoms with Crippen molar-refractivity contribution < 1.29 is 50.7 Å². The maximum absolute atomic E-state index is 12.8. The van der Waals surface area contributed by atoms with Gasteiger partial charge in [-0.15, -0.1) is 0 Å². The van der Waals surface area contributed by atoms with Gasteiger partial charge in [0.15, 0.2) is 6.29 Å². The lowest BCUT2D eigenvalue weighted by Gasteiger charge is -2.49. The number of aliphatic hydroxyl groups excluding tert-OH is 3. The van der Waals surface area contributed by atoms with Crippen LogP contribution in [0.15, 0.2) is 11.8 Å². The molecule has 2 aliphatic heterocycles. The van der Waals surface area contributed by atoms with Crippen LogP contribution in [0.1, 0.15) is 40.5 Å². The summed E-state index contributed by atoms with van der Waals surface area (Å²) in [4.78, 5) is 12.8. The first kappa shape index (κ1) is 37.3. The van der Waals surface area contributed by atoms with Crippen molar-refractivity contribution >= 4 is 5.91 Å². The Balaban J connectivity index is 0.00000600. The molecule has 2 aliphatic carbocycles. The number of hydrogen-bond acceptors (Lipinski definition) is 16. The van der Waals surface area contributed by atoms with Crippen LogP contribution in [0.4, 0.5) is 0 Å². The minimum atomic E-state index is -1.47. The fraction of sp³-hybridized carbons (Fsp3) is 0.897. The molecule has 2 heterocycles. The van der Waals surface area contributed by atoms with Crippen LogP contribution in [-0.4, -0.2) is 150 Å². The number of amides is 1. The third-order valence-corrected chi connectivity index (χ3v) is 9.47. The van der Waals surface area contributed by atoms with Gasteiger partial charge in [-0.1, -0.05) is 0 Å². The standard InChI is InChI=1S/C29H55N7O10.H2/c1-28(41)13-43-27(21(39)24(28)34-2)46-23-18(36-25(40)19(37)5-6-30)7-17(33)22(20(23)38)45-26-16(32)4-3-15(44-26)11-35-12-29(42)8-14(9-29)10-31;/h3,14,16-24,26-27,34-35,37-39,41-42H,4-13,30-33H2,1-2H3,(H,36,40);1H/t14?,16-,17+,18-,19+,20+,21-,22-,23+,24-,26-,27-,28+,29?;/m1./s1. The average molecular weight is 664 g/mol. The molecule has 0 aromatic rings. The highest BCUT2D eigenvalue weighted by molar-refractivity contribution is 5.80. The molecule has 0 spiro atoms. The summed E-state index contributed by atoms with van der Waals surface area (Å²) >= 11 is 0. The third-order valence-electron chi connectivity index (χ3n) is 9.47. The van der Waals surface area contributed by atoms with E-state index in [2.05, 4.69) is 16.0 Å². The summed E-state index contributed by atoms with van der Waals surface area (Å²) in [6.45, 7) is 2.64. The maximum atomic E-state index is 12.8. The normalized spacial score (nSPS) is 43.6. The van der Waals surface area contributed by atoms with E-state index in [1.165, 1.54) is 6.92 Å². The van der Waals surface area contributed by atoms with Crippen molar-refractivity contribution in [3.63, 3.8) is 0 Å². The molecule has 12 atom stereocenters. The fourth-order valence-corrected chi connectivity index (χ4v) is 6.83. The number of nitrogens with one attached hydrogen (secondary N) is 3. The van der Waals surface area contributed by atoms with Gasteiger partial charge in [-0.2, -0.15) is 0 Å². The lowest BCUT2D eigenvalue weighted by Crippen LogP contribution is -2.69. The topological polar surface area (TPSA) is 295 Å². The van der Waals surface area contributed by atoms with Gasteiger partial charge in [0.1, 0.15) is 41.9 Å². The van der Waals surface area contributed by atoms with E-state index in [1.807, 2.05) is 6.08 Å². The van der Waals surface area contributed by atoms with Gasteiger partial charge in [0.05, 0.1) is 36.9 Å². The second kappa shape index (κ2) is 15.8. The van der Waals surface area contributed by atoms with E-state index in [4.69, 9.17) is 41.9 Å². The van der Waals surface area contributed by atoms with E-state index in [9.17, 15) is 30.3 Å². The zero-order valence-electron chi connectivity index (χ0n) is 26.7. The first-order chi connectivity index (χ1) is 21.7. The second-order valence-corrected chi connectivity index (χ2v) is 13.5. The molecule has 0 radical (unpaired) electrons. The predicted octanol–water partition coefficient (Wildman–Crippen LogP) is -5.01. The zero-order valence-corrected chi connectivity index (χ0v) is 26.7. The second-order valence-electron chi connectivity index (χ2n) is 13.5. The maximum Gasteiger partial charge on any atom is 0.249 e. The van der Waals surface area contributed by atoms with Gasteiger partial charge in [-0.25, -0.2) is 0 Å². The van der Waals surface area contributed by atoms with Crippen molar-refractivity contribution in [2.24, 2.45) is 28.9 Å². The summed E-state index contributed by atoms with van der Waals surface area (Å²) in [6, 6.07) is -3.18. The van der Waals surface area contributed by atoms with Crippen LogP contribution in [0.2, 0.25) is 0 Å². The molecule has 17 nitrogen and oxygen atoms in total. The highest BCUT2D eigenvalue weighted by Crippen LogP contribution is 2.36. The number of carbonyl (C=O) groups excluding carboxylic acids is 1. The van der Waals surface area contributed by atoms with E-state index in [0.717, 1.165) is 0 Å². The molecule has 0 unspecified atom stereocenters. The number of ether oxygens (including phenoxy) is 4. The molecule has 4 aliphatic rings. The predicted molar refractivity (Wildman–Crippen MR) is 166 cm³/mol. The van der Waals surface area contributed by atoms with Crippen molar-refractivity contribution in [2.45, 2.75) is 117 Å². The van der Waals surface area contributed by atoms with Crippen LogP contribution in [0.25, 0.3) is 0 Å². The molecule has 17 heteroatoms. The number of rotatable bonds is 14. The first-order valence-corrected chi connectivity index (χ1v) is 16.1. The summed E-state index contributed by atoms with van der Waals surface area (Å²) < 4.78 is 24.0. The molecule has 0 aromatic carbocycles. The van der Waals surface area contributed by atoms with E-state index in [0.29, 0.717) is 50.6 Å². The number of hydrogen-bond donors (Lipinski definition) is 12. The van der Waals surface area contributed by atoms with Gasteiger partial charge in [-0.3, -0.25) is 4.79 Å². The lowest BCUT2D eigenvalue weighted by atomic mass is 9.71. The Hall–Kier alpha value is -1.55. The molecule has 1 saturated heterocycles. The summed E-state index contributed by atoms with van der Waals surface area (Å²) in [5.41, 5.74) is 21.8. The molecule has 4 rings (SSSR count). The van der Waals surface area contributed by atoms with E-state index in [-0.39, 0.29) is 27.4 Å². The Bertz CT molecular complexity index is 1040. The number of nitrogens with two attached hydrogens (primary N) is 4. The number of likely N-dealkylation sites (N-methyl/N-ethyl adjacent to an activating group) is 1. The summed E-state index contributed by atoms with van der Waals surface area (Å²) in [7, 11) is 1.57. The minimum Gasteiger partial charge on any atom is -0.467 e. The highest BCUT2D eigenvalue weighted by atomic mass is 16.7. The van der Waals surface area contributed by atoms with Crippen molar-refractivity contribution in [3.05, 3.63) is 11.8 Å². The molecule has 268 valence electrons. The fourth-order valence-electron chi connectivity index (χ4n) is 6.83. The number of carbonyl (C=O) groups is 1. The first-order valence-electron chi connectivity index (χ1n) is 16.1. The van der Waals surface area contributed by atoms with Crippen molar-refractivity contribution in [2.75, 3.05) is 39.8 Å². The molecule has 16 N–H and O–H groups in total. The zero-order chi connectivity index (χ0) is 33.8. The van der Waals surface area contributed by atoms with Crippen LogP contribution in [-0.2, 0) is 23.7 Å². The minimum absolute atomic E-state index is 0. The van der Waals surface area contributed by atoms with Crippen molar-refractivity contribution in [1.29, 1.82) is 0 Å². The van der Waals surface area contributed by atoms with Crippen molar-refractivity contribution in [3.8, 4) is 0 Å². The molecular weight excluding hydrogens is 606 g/mol. The van der Waals surface area contributed by atoms with E-state index < -0.39 is 84.4 Å². The highest BCUT2D eigenvalue weighted by Gasteiger charge is 2.52. The Morgan fingerprint density at radius 3 is 2.48 bits per heavy atom. The molecular formula is C29H57N7O10. The molecule has 0 aromatic heterocycles. The quantitative estimate of drug-likeness (QED) is 0.0828. The molecule has 0 bridgehead atoms. The van der Waals surface area contributed by atoms with Gasteiger partial charge in [0, 0.05) is 14.0 Å². The van der Waals surface area contributed by atoms with Gasteiger partial charge < -0.3 is 83.4 Å². The molecule has 2 saturated carbocycles. The summed E-state index contributed by atoms with van der Waals surface area (Å²) in [5, 5.41) is 62.8. The van der Waals surface area contributed by atoms with Crippen LogP contribution in [0, 0.1) is 5.92 Å². The van der Waals surface area contributed by atoms with Crippen LogP contribution < -0.4 is 38.9 Å². The van der Waals surface area contributed by atoms with Crippen LogP contribution in [0.5, 0.6) is 0 Å². The van der Waals surface area contributed by atoms with Crippen LogP contribution >= 0.6 is 0 Å². The van der Waals surface area contributed by atoms with E-state index in [1.54, 1.807) is 7.05 Å². The number of aliphatic hydroxyl groups is 5. The smallest absolute Gasteiger partial charge is 0.249 e. The molecule has 1 amide bonds. The largest absolute Gasteiger partial charge is 0.467 e. The SMILES string of the molecule is CN[C@@H]1[C@@H](O)[C@@H](O[C@@H]2[C@@H](O)[C@H](O[C@H]3OC(CNCC4(O)CC(CN)C4)=CC[C@H]3N)[C@@H](N)C[C@H]2NC(=O)[C@@H](O)CCN)OC[C@]1(C)O.[HH]. The van der Waals surface area contributed by atoms with Crippen molar-refractivity contribution in [1.82, 2.24) is 16.0 Å². The lowest BCUT2D eigenvalue weighted by molar-refractivity contribution is -0.304. The third kappa shape index (κ3) is 8.72. The van der Waals surface area contributed by atoms with Gasteiger partial charge in [-0.05, 0) is 71.2 Å². The Labute approximate surface area is 270 Å². The summed E-state index contributed by atoms with van der Waals surface area (Å²) in [5.74, 6) is 0.150. The van der Waals surface area contributed by atoms with E-state index >= 15 is 0 Å². The average Bonchev–Trinajstić information content (AvgIpc) is 2.98. The van der Waals surface area contributed by atoms with Gasteiger partial charge in [0.25, 0.3) is 0 Å². The van der Waals surface area contributed by atoms with Gasteiger partial charge >= 0.3 is 0 Å². The Kier molecular flexibility index (Phi) is 12.8. The molecule has 3 fully saturated rings. The van der Waals surface area contributed by atoms with Gasteiger partial charge in [0.2, 0.25) is 12.2 Å². The van der Waals surface area contributed by atoms with Crippen LogP contribution in [0.3, 0.4) is 0 Å². The molecule has 46 heavy (non-hydrogen) atoms. The monoisotopic (exact) mass is 663 g/mol.